The lowest BCUT2D eigenvalue weighted by molar-refractivity contribution is 0.174. The molecule has 0 unspecified atom stereocenters. The number of hydrogen-bond acceptors (Lipinski definition) is 1. The molecule has 0 heterocycles. The molecule has 0 aliphatic carbocycles. The third-order valence-electron chi connectivity index (χ3n) is 0.935. The van der Waals surface area contributed by atoms with Crippen LogP contribution < -0.4 is 0 Å². The maximum Gasteiger partial charge on any atom is 0.221 e. The maximum atomic E-state index is 8.58. The number of rotatable bonds is 2. The highest BCUT2D eigenvalue weighted by atomic mass is 16.3. The van der Waals surface area contributed by atoms with Crippen LogP contribution in [0.5, 0.6) is 0 Å². The monoisotopic (exact) mass is 113 g/mol. The average Bonchev–Trinajstić information content (AvgIpc) is 1.67. The lowest BCUT2D eigenvalue weighted by Gasteiger charge is -2.12. The standard InChI is InChI=1S/C6H11NO/c1-6(2,5-8)4-7-3/h8H,4-5H2,1-2H3. The predicted octanol–water partition coefficient (Wildman–Crippen LogP) is 0.924. The minimum Gasteiger partial charge on any atom is -0.396 e. The summed E-state index contributed by atoms with van der Waals surface area (Å²) in [5.41, 5.74) is -0.207. The van der Waals surface area contributed by atoms with Crippen molar-refractivity contribution in [3.05, 3.63) is 11.4 Å². The van der Waals surface area contributed by atoms with Gasteiger partial charge in [0, 0.05) is 0 Å². The van der Waals surface area contributed by atoms with Crippen LogP contribution in [0.4, 0.5) is 0 Å². The molecule has 1 N–H and O–H groups in total. The fourth-order valence-corrected chi connectivity index (χ4v) is 0.264. The van der Waals surface area contributed by atoms with E-state index in [1.165, 1.54) is 0 Å². The van der Waals surface area contributed by atoms with Gasteiger partial charge in [0.15, 0.2) is 0 Å². The Bertz CT molecular complexity index is 102. The molecule has 0 rings (SSSR count). The van der Waals surface area contributed by atoms with Gasteiger partial charge in [-0.1, -0.05) is 13.8 Å². The molecule has 0 saturated heterocycles. The van der Waals surface area contributed by atoms with Crippen LogP contribution in [0.15, 0.2) is 0 Å². The lowest BCUT2D eigenvalue weighted by atomic mass is 9.96. The van der Waals surface area contributed by atoms with E-state index in [-0.39, 0.29) is 12.0 Å². The molecular weight excluding hydrogens is 102 g/mol. The molecule has 46 valence electrons. The number of nitrogens with zero attached hydrogens (tertiary/aromatic N) is 1. The Morgan fingerprint density at radius 2 is 2.12 bits per heavy atom. The van der Waals surface area contributed by atoms with Crippen molar-refractivity contribution in [1.82, 2.24) is 0 Å². The fourth-order valence-electron chi connectivity index (χ4n) is 0.264. The van der Waals surface area contributed by atoms with E-state index in [0.717, 1.165) is 0 Å². The van der Waals surface area contributed by atoms with Crippen LogP contribution >= 0.6 is 0 Å². The van der Waals surface area contributed by atoms with Crippen molar-refractivity contribution in [3.63, 3.8) is 0 Å². The van der Waals surface area contributed by atoms with Crippen LogP contribution in [-0.2, 0) is 0 Å². The highest BCUT2D eigenvalue weighted by molar-refractivity contribution is 4.76. The van der Waals surface area contributed by atoms with Crippen molar-refractivity contribution in [2.75, 3.05) is 13.2 Å². The first-order chi connectivity index (χ1) is 3.62. The van der Waals surface area contributed by atoms with Gasteiger partial charge in [0.05, 0.1) is 12.0 Å². The van der Waals surface area contributed by atoms with Gasteiger partial charge in [-0.25, -0.2) is 6.57 Å². The molecule has 0 spiro atoms. The van der Waals surface area contributed by atoms with Crippen molar-refractivity contribution in [3.8, 4) is 0 Å². The normalized spacial score (nSPS) is 10.8. The molecular formula is C6H11NO. The third-order valence-corrected chi connectivity index (χ3v) is 0.935. The van der Waals surface area contributed by atoms with Gasteiger partial charge >= 0.3 is 0 Å². The van der Waals surface area contributed by atoms with E-state index >= 15 is 0 Å². The highest BCUT2D eigenvalue weighted by Crippen LogP contribution is 2.12. The quantitative estimate of drug-likeness (QED) is 0.529. The molecule has 2 nitrogen and oxygen atoms in total. The minimum atomic E-state index is -0.207. The van der Waals surface area contributed by atoms with E-state index in [1.54, 1.807) is 0 Å². The topological polar surface area (TPSA) is 24.6 Å². The van der Waals surface area contributed by atoms with Crippen molar-refractivity contribution in [2.24, 2.45) is 5.41 Å². The van der Waals surface area contributed by atoms with Crippen LogP contribution in [0.25, 0.3) is 4.85 Å². The molecule has 0 bridgehead atoms. The van der Waals surface area contributed by atoms with E-state index in [1.807, 2.05) is 13.8 Å². The Morgan fingerprint density at radius 1 is 1.62 bits per heavy atom. The SMILES string of the molecule is [C-]#[N+]CC(C)(C)CO. The Hall–Kier alpha value is -0.550. The van der Waals surface area contributed by atoms with Gasteiger partial charge in [-0.3, -0.25) is 0 Å². The van der Waals surface area contributed by atoms with Crippen molar-refractivity contribution in [1.29, 1.82) is 0 Å². The zero-order valence-corrected chi connectivity index (χ0v) is 5.31. The molecule has 0 aromatic heterocycles. The van der Waals surface area contributed by atoms with E-state index in [9.17, 15) is 0 Å². The van der Waals surface area contributed by atoms with Gasteiger partial charge in [-0.2, -0.15) is 0 Å². The summed E-state index contributed by atoms with van der Waals surface area (Å²) in [6, 6.07) is 0. The summed E-state index contributed by atoms with van der Waals surface area (Å²) >= 11 is 0. The van der Waals surface area contributed by atoms with E-state index in [0.29, 0.717) is 6.54 Å². The van der Waals surface area contributed by atoms with Crippen molar-refractivity contribution >= 4 is 0 Å². The summed E-state index contributed by atoms with van der Waals surface area (Å²) in [6.07, 6.45) is 0. The van der Waals surface area contributed by atoms with Gasteiger partial charge in [0.25, 0.3) is 0 Å². The molecule has 2 heteroatoms. The van der Waals surface area contributed by atoms with Crippen molar-refractivity contribution < 1.29 is 5.11 Å². The molecule has 0 aromatic carbocycles. The summed E-state index contributed by atoms with van der Waals surface area (Å²) in [5.74, 6) is 0. The van der Waals surface area contributed by atoms with Crippen LogP contribution in [0.2, 0.25) is 0 Å². The lowest BCUT2D eigenvalue weighted by Crippen LogP contribution is -2.19. The van der Waals surface area contributed by atoms with Crippen LogP contribution in [-0.4, -0.2) is 18.3 Å². The summed E-state index contributed by atoms with van der Waals surface area (Å²) in [5, 5.41) is 8.58. The molecule has 0 aliphatic heterocycles. The predicted molar refractivity (Wildman–Crippen MR) is 32.3 cm³/mol. The van der Waals surface area contributed by atoms with E-state index < -0.39 is 0 Å². The Morgan fingerprint density at radius 3 is 2.25 bits per heavy atom. The van der Waals surface area contributed by atoms with Crippen molar-refractivity contribution in [2.45, 2.75) is 13.8 Å². The molecule has 0 fully saturated rings. The van der Waals surface area contributed by atoms with Crippen LogP contribution in [0, 0.1) is 12.0 Å². The Labute approximate surface area is 50.0 Å². The summed E-state index contributed by atoms with van der Waals surface area (Å²) in [7, 11) is 0. The fraction of sp³-hybridized carbons (Fsp3) is 0.833. The largest absolute Gasteiger partial charge is 0.396 e. The van der Waals surface area contributed by atoms with Gasteiger partial charge in [0.1, 0.15) is 0 Å². The summed E-state index contributed by atoms with van der Waals surface area (Å²) in [6.45, 7) is 10.7. The number of hydrogen-bond donors (Lipinski definition) is 1. The third kappa shape index (κ3) is 2.59. The first-order valence-electron chi connectivity index (χ1n) is 2.56. The van der Waals surface area contributed by atoms with Crippen LogP contribution in [0.3, 0.4) is 0 Å². The van der Waals surface area contributed by atoms with Gasteiger partial charge in [-0.15, -0.1) is 0 Å². The first-order valence-corrected chi connectivity index (χ1v) is 2.56. The molecule has 0 radical (unpaired) electrons. The molecule has 8 heavy (non-hydrogen) atoms. The average molecular weight is 113 g/mol. The number of aliphatic hydroxyl groups excluding tert-OH is 1. The second kappa shape index (κ2) is 2.68. The maximum absolute atomic E-state index is 8.58. The zero-order valence-electron chi connectivity index (χ0n) is 5.31. The van der Waals surface area contributed by atoms with E-state index in [4.69, 9.17) is 11.7 Å². The van der Waals surface area contributed by atoms with Gasteiger partial charge in [-0.05, 0) is 0 Å². The van der Waals surface area contributed by atoms with Gasteiger partial charge in [0.2, 0.25) is 6.54 Å². The smallest absolute Gasteiger partial charge is 0.221 e. The van der Waals surface area contributed by atoms with E-state index in [2.05, 4.69) is 4.85 Å². The van der Waals surface area contributed by atoms with Crippen LogP contribution in [0.1, 0.15) is 13.8 Å². The second-order valence-corrected chi connectivity index (χ2v) is 2.64. The second-order valence-electron chi connectivity index (χ2n) is 2.64. The Kier molecular flexibility index (Phi) is 2.50. The van der Waals surface area contributed by atoms with Gasteiger partial charge < -0.3 is 9.95 Å². The first kappa shape index (κ1) is 7.45. The molecule has 0 aromatic rings. The zero-order chi connectivity index (χ0) is 6.62. The molecule has 0 saturated carbocycles. The Balaban J connectivity index is 3.58. The summed E-state index contributed by atoms with van der Waals surface area (Å²) in [4.78, 5) is 3.17. The highest BCUT2D eigenvalue weighted by Gasteiger charge is 2.18. The number of aliphatic hydroxyl groups is 1. The molecule has 0 atom stereocenters. The minimum absolute atomic E-state index is 0.0926. The molecule has 0 amide bonds. The summed E-state index contributed by atoms with van der Waals surface area (Å²) < 4.78 is 0. The molecule has 0 aliphatic rings.